The van der Waals surface area contributed by atoms with E-state index in [1.807, 2.05) is 0 Å². The number of nitrogens with one attached hydrogen (secondary N) is 1. The van der Waals surface area contributed by atoms with Gasteiger partial charge in [-0.1, -0.05) is 11.8 Å². The van der Waals surface area contributed by atoms with Gasteiger partial charge in [0.05, 0.1) is 12.7 Å². The maximum atomic E-state index is 12.4. The number of benzene rings is 1. The zero-order valence-corrected chi connectivity index (χ0v) is 17.5. The van der Waals surface area contributed by atoms with Crippen LogP contribution in [0.3, 0.4) is 0 Å². The van der Waals surface area contributed by atoms with Crippen LogP contribution in [0.1, 0.15) is 49.0 Å². The number of hydrogen-bond acceptors (Lipinski definition) is 6. The Bertz CT molecular complexity index is 888. The first-order valence-electron chi connectivity index (χ1n) is 9.68. The number of nitrogens with two attached hydrogens (primary N) is 1. The van der Waals surface area contributed by atoms with Crippen LogP contribution in [0, 0.1) is 29.6 Å². The summed E-state index contributed by atoms with van der Waals surface area (Å²) >= 11 is 0. The Labute approximate surface area is 177 Å². The molecule has 1 amide bonds. The number of esters is 1. The quantitative estimate of drug-likeness (QED) is 0.400. The van der Waals surface area contributed by atoms with Gasteiger partial charge in [0.15, 0.2) is 0 Å². The van der Waals surface area contributed by atoms with Crippen LogP contribution in [0.25, 0.3) is 0 Å². The van der Waals surface area contributed by atoms with Crippen LogP contribution >= 0.6 is 0 Å². The van der Waals surface area contributed by atoms with Gasteiger partial charge in [0, 0.05) is 29.7 Å². The van der Waals surface area contributed by atoms with Crippen molar-refractivity contribution in [2.45, 2.75) is 50.3 Å². The van der Waals surface area contributed by atoms with E-state index in [1.54, 1.807) is 38.1 Å². The number of hydrogen-bond donors (Lipinski definition) is 4. The molecule has 1 aliphatic carbocycles. The molecule has 30 heavy (non-hydrogen) atoms. The summed E-state index contributed by atoms with van der Waals surface area (Å²) in [5.41, 5.74) is 5.20. The molecular weight excluding hydrogens is 384 g/mol. The van der Waals surface area contributed by atoms with E-state index < -0.39 is 29.1 Å². The predicted molar refractivity (Wildman–Crippen MR) is 112 cm³/mol. The molecule has 1 aromatic rings. The van der Waals surface area contributed by atoms with Crippen molar-refractivity contribution in [2.75, 3.05) is 13.7 Å². The Kier molecular flexibility index (Phi) is 7.64. The van der Waals surface area contributed by atoms with Crippen molar-refractivity contribution in [3.63, 3.8) is 0 Å². The highest BCUT2D eigenvalue weighted by Gasteiger charge is 2.41. The summed E-state index contributed by atoms with van der Waals surface area (Å²) < 4.78 is 4.71. The molecule has 0 saturated heterocycles. The highest BCUT2D eigenvalue weighted by atomic mass is 16.5. The number of aliphatic hydroxyl groups excluding tert-OH is 1. The highest BCUT2D eigenvalue weighted by molar-refractivity contribution is 5.97. The number of methoxy groups -OCH3 is 1. The summed E-state index contributed by atoms with van der Waals surface area (Å²) in [7, 11) is 1.24. The summed E-state index contributed by atoms with van der Waals surface area (Å²) in [6.07, 6.45) is 1.46. The third-order valence-corrected chi connectivity index (χ3v) is 4.97. The summed E-state index contributed by atoms with van der Waals surface area (Å²) in [6.45, 7) is 3.35. The van der Waals surface area contributed by atoms with E-state index in [-0.39, 0.29) is 12.5 Å². The first-order valence-corrected chi connectivity index (χ1v) is 9.68. The van der Waals surface area contributed by atoms with Crippen LogP contribution in [0.4, 0.5) is 0 Å². The average Bonchev–Trinajstić information content (AvgIpc) is 2.68. The van der Waals surface area contributed by atoms with Gasteiger partial charge in [-0.25, -0.2) is 4.79 Å². The second-order valence-electron chi connectivity index (χ2n) is 8.24. The van der Waals surface area contributed by atoms with Gasteiger partial charge in [-0.05, 0) is 68.7 Å². The zero-order chi connectivity index (χ0) is 22.4. The van der Waals surface area contributed by atoms with Crippen molar-refractivity contribution in [2.24, 2.45) is 11.7 Å². The van der Waals surface area contributed by atoms with Gasteiger partial charge in [-0.3, -0.25) is 4.79 Å². The predicted octanol–water partition coefficient (Wildman–Crippen LogP) is 0.574. The zero-order valence-electron chi connectivity index (χ0n) is 17.5. The highest BCUT2D eigenvalue weighted by Crippen LogP contribution is 2.39. The minimum Gasteiger partial charge on any atom is -0.467 e. The molecule has 160 valence electrons. The van der Waals surface area contributed by atoms with Crippen LogP contribution < -0.4 is 11.1 Å². The lowest BCUT2D eigenvalue weighted by Crippen LogP contribution is -2.59. The maximum absolute atomic E-state index is 12.4. The minimum atomic E-state index is -0.988. The summed E-state index contributed by atoms with van der Waals surface area (Å²) in [5.74, 6) is 10.3. The Hall–Kier alpha value is -2.84. The van der Waals surface area contributed by atoms with Gasteiger partial charge in [0.2, 0.25) is 0 Å². The molecule has 1 aromatic carbocycles. The Morgan fingerprint density at radius 3 is 2.47 bits per heavy atom. The first-order chi connectivity index (χ1) is 14.1. The molecule has 1 saturated carbocycles. The summed E-state index contributed by atoms with van der Waals surface area (Å²) in [4.78, 5) is 24.3. The lowest BCUT2D eigenvalue weighted by molar-refractivity contribution is -0.144. The number of ether oxygens (including phenoxy) is 1. The molecule has 0 spiro atoms. The number of rotatable bonds is 6. The molecule has 5 N–H and O–H groups in total. The van der Waals surface area contributed by atoms with Gasteiger partial charge in [-0.2, -0.15) is 0 Å². The van der Waals surface area contributed by atoms with Crippen molar-refractivity contribution in [3.8, 4) is 23.7 Å². The third-order valence-electron chi connectivity index (χ3n) is 4.97. The van der Waals surface area contributed by atoms with E-state index in [0.717, 1.165) is 0 Å². The fourth-order valence-electron chi connectivity index (χ4n) is 3.23. The Morgan fingerprint density at radius 1 is 1.30 bits per heavy atom. The Morgan fingerprint density at radius 2 is 1.93 bits per heavy atom. The fraction of sp³-hybridized carbons (Fsp3) is 0.478. The standard InChI is InChI=1S/C23H28N2O5/c1-22(2,24)19(21(28)30-3)25-20(27)18-10-8-16(9-11-18)7-5-4-6-12-23(29)13-17(14-23)15-26/h8-11,17,19,26,29H,12-15,24H2,1-3H3,(H,25,27). The normalized spacial score (nSPS) is 21.1. The van der Waals surface area contributed by atoms with E-state index in [1.165, 1.54) is 7.11 Å². The van der Waals surface area contributed by atoms with E-state index in [9.17, 15) is 14.7 Å². The van der Waals surface area contributed by atoms with Crippen LogP contribution in [0.2, 0.25) is 0 Å². The molecule has 1 aliphatic rings. The number of amides is 1. The second kappa shape index (κ2) is 9.77. The smallest absolute Gasteiger partial charge is 0.330 e. The van der Waals surface area contributed by atoms with Gasteiger partial charge in [-0.15, -0.1) is 0 Å². The van der Waals surface area contributed by atoms with Gasteiger partial charge < -0.3 is 26.0 Å². The number of carbonyl (C=O) groups is 2. The Balaban J connectivity index is 1.94. The molecule has 0 bridgehead atoms. The minimum absolute atomic E-state index is 0.0941. The van der Waals surface area contributed by atoms with Crippen molar-refractivity contribution >= 4 is 11.9 Å². The van der Waals surface area contributed by atoms with Gasteiger partial charge in [0.25, 0.3) is 5.91 Å². The third kappa shape index (κ3) is 6.33. The van der Waals surface area contributed by atoms with Crippen molar-refractivity contribution in [1.82, 2.24) is 5.32 Å². The van der Waals surface area contributed by atoms with E-state index in [2.05, 4.69) is 29.0 Å². The molecule has 1 unspecified atom stereocenters. The summed E-state index contributed by atoms with van der Waals surface area (Å²) in [6, 6.07) is 5.56. The molecule has 7 nitrogen and oxygen atoms in total. The molecule has 2 rings (SSSR count). The van der Waals surface area contributed by atoms with Crippen molar-refractivity contribution in [3.05, 3.63) is 35.4 Å². The van der Waals surface area contributed by atoms with E-state index in [4.69, 9.17) is 15.6 Å². The SMILES string of the molecule is COC(=O)C(NC(=O)c1ccc(C#CC#CCC2(O)CC(CO)C2)cc1)C(C)(C)N. The van der Waals surface area contributed by atoms with Crippen LogP contribution in [0.5, 0.6) is 0 Å². The van der Waals surface area contributed by atoms with Gasteiger partial charge >= 0.3 is 5.97 Å². The fourth-order valence-corrected chi connectivity index (χ4v) is 3.23. The largest absolute Gasteiger partial charge is 0.467 e. The van der Waals surface area contributed by atoms with E-state index >= 15 is 0 Å². The van der Waals surface area contributed by atoms with Crippen LogP contribution in [0.15, 0.2) is 24.3 Å². The molecule has 1 atom stereocenters. The van der Waals surface area contributed by atoms with Crippen molar-refractivity contribution < 1.29 is 24.5 Å². The molecule has 0 radical (unpaired) electrons. The van der Waals surface area contributed by atoms with Crippen LogP contribution in [-0.2, 0) is 9.53 Å². The topological polar surface area (TPSA) is 122 Å². The molecule has 0 heterocycles. The molecule has 0 aliphatic heterocycles. The maximum Gasteiger partial charge on any atom is 0.330 e. The lowest BCUT2D eigenvalue weighted by Gasteiger charge is -2.41. The molecular formula is C23H28N2O5. The van der Waals surface area contributed by atoms with E-state index in [0.29, 0.717) is 30.4 Å². The number of carbonyl (C=O) groups excluding carboxylic acids is 2. The lowest BCUT2D eigenvalue weighted by atomic mass is 9.70. The van der Waals surface area contributed by atoms with Crippen LogP contribution in [-0.4, -0.2) is 53.0 Å². The number of aliphatic hydroxyl groups is 2. The molecule has 0 aromatic heterocycles. The molecule has 1 fully saturated rings. The monoisotopic (exact) mass is 412 g/mol. The van der Waals surface area contributed by atoms with Crippen molar-refractivity contribution in [1.29, 1.82) is 0 Å². The first kappa shape index (κ1) is 23.4. The molecule has 7 heteroatoms. The second-order valence-corrected chi connectivity index (χ2v) is 8.24. The van der Waals surface area contributed by atoms with Gasteiger partial charge in [0.1, 0.15) is 6.04 Å². The summed E-state index contributed by atoms with van der Waals surface area (Å²) in [5, 5.41) is 21.7. The average molecular weight is 412 g/mol.